The molecule has 0 aromatic carbocycles. The molecule has 5 nitrogen and oxygen atoms in total. The van der Waals surface area contributed by atoms with Gasteiger partial charge in [0.2, 0.25) is 0 Å². The first kappa shape index (κ1) is 17.1. The van der Waals surface area contributed by atoms with Gasteiger partial charge in [-0.15, -0.1) is 0 Å². The molecule has 0 bridgehead atoms. The van der Waals surface area contributed by atoms with Crippen LogP contribution in [0.3, 0.4) is 0 Å². The molecule has 0 saturated heterocycles. The van der Waals surface area contributed by atoms with Crippen LogP contribution < -0.4 is 10.6 Å². The average Bonchev–Trinajstić information content (AvgIpc) is 2.26. The van der Waals surface area contributed by atoms with Crippen LogP contribution in [0.2, 0.25) is 0 Å². The third kappa shape index (κ3) is 7.45. The van der Waals surface area contributed by atoms with Crippen molar-refractivity contribution in [2.24, 2.45) is 5.92 Å². The molecule has 0 aliphatic carbocycles. The molecule has 0 aromatic rings. The van der Waals surface area contributed by atoms with Crippen molar-refractivity contribution in [3.63, 3.8) is 0 Å². The summed E-state index contributed by atoms with van der Waals surface area (Å²) in [6.45, 7) is 6.59. The molecule has 0 radical (unpaired) electrons. The van der Waals surface area contributed by atoms with Crippen molar-refractivity contribution in [1.82, 2.24) is 10.6 Å². The molecule has 0 aliphatic rings. The van der Waals surface area contributed by atoms with Crippen LogP contribution in [0.25, 0.3) is 0 Å². The molecule has 0 saturated carbocycles. The van der Waals surface area contributed by atoms with Gasteiger partial charge in [0.05, 0.1) is 13.7 Å². The lowest BCUT2D eigenvalue weighted by molar-refractivity contribution is -0.143. The van der Waals surface area contributed by atoms with Gasteiger partial charge >= 0.3 is 5.97 Å². The molecule has 0 rings (SSSR count). The van der Waals surface area contributed by atoms with Gasteiger partial charge in [0.1, 0.15) is 6.04 Å². The summed E-state index contributed by atoms with van der Waals surface area (Å²) in [6, 6.07) is -0.322. The van der Waals surface area contributed by atoms with E-state index in [1.54, 1.807) is 7.11 Å². The van der Waals surface area contributed by atoms with Crippen LogP contribution >= 0.6 is 12.2 Å². The smallest absolute Gasteiger partial charge is 0.328 e. The first-order valence-corrected chi connectivity index (χ1v) is 6.45. The van der Waals surface area contributed by atoms with Crippen LogP contribution in [0.4, 0.5) is 0 Å². The number of thiocarbonyl (C=S) groups is 1. The highest BCUT2D eigenvalue weighted by Crippen LogP contribution is 2.06. The largest absolute Gasteiger partial charge is 0.467 e. The zero-order valence-electron chi connectivity index (χ0n) is 11.8. The maximum atomic E-state index is 11.6. The Morgan fingerprint density at radius 2 is 1.83 bits per heavy atom. The van der Waals surface area contributed by atoms with Crippen LogP contribution in [0, 0.1) is 5.92 Å². The second kappa shape index (κ2) is 9.10. The molecule has 106 valence electrons. The highest BCUT2D eigenvalue weighted by molar-refractivity contribution is 7.80. The van der Waals surface area contributed by atoms with Crippen molar-refractivity contribution in [1.29, 1.82) is 0 Å². The van der Waals surface area contributed by atoms with E-state index in [4.69, 9.17) is 21.7 Å². The topological polar surface area (TPSA) is 59.6 Å². The number of esters is 1. The molecule has 0 aromatic heterocycles. The number of carbonyl (C=O) groups excluding carboxylic acids is 1. The Morgan fingerprint density at radius 1 is 1.22 bits per heavy atom. The van der Waals surface area contributed by atoms with E-state index in [0.717, 1.165) is 0 Å². The van der Waals surface area contributed by atoms with E-state index in [2.05, 4.69) is 10.6 Å². The Kier molecular flexibility index (Phi) is 8.66. The highest BCUT2D eigenvalue weighted by Gasteiger charge is 2.21. The van der Waals surface area contributed by atoms with Crippen molar-refractivity contribution in [2.45, 2.75) is 39.3 Å². The van der Waals surface area contributed by atoms with E-state index in [1.165, 1.54) is 7.11 Å². The summed E-state index contributed by atoms with van der Waals surface area (Å²) < 4.78 is 9.75. The third-order valence-corrected chi connectivity index (χ3v) is 2.53. The van der Waals surface area contributed by atoms with E-state index in [0.29, 0.717) is 24.1 Å². The van der Waals surface area contributed by atoms with E-state index in [1.807, 2.05) is 20.8 Å². The van der Waals surface area contributed by atoms with Gasteiger partial charge in [0.25, 0.3) is 0 Å². The monoisotopic (exact) mass is 276 g/mol. The van der Waals surface area contributed by atoms with Gasteiger partial charge in [0.15, 0.2) is 5.11 Å². The Balaban J connectivity index is 4.30. The van der Waals surface area contributed by atoms with Crippen LogP contribution in [-0.4, -0.2) is 44.0 Å². The molecule has 6 heteroatoms. The minimum atomic E-state index is -0.412. The normalized spacial score (nSPS) is 13.9. The zero-order chi connectivity index (χ0) is 14.1. The predicted octanol–water partition coefficient (Wildman–Crippen LogP) is 1.07. The number of ether oxygens (including phenoxy) is 2. The SMILES string of the molecule is COCC(C)NC(=S)NC(CC(C)C)C(=O)OC. The van der Waals surface area contributed by atoms with Gasteiger partial charge in [-0.25, -0.2) is 4.79 Å². The minimum Gasteiger partial charge on any atom is -0.467 e. The van der Waals surface area contributed by atoms with E-state index >= 15 is 0 Å². The van der Waals surface area contributed by atoms with Crippen LogP contribution in [0.1, 0.15) is 27.2 Å². The van der Waals surface area contributed by atoms with Gasteiger partial charge in [-0.1, -0.05) is 13.8 Å². The van der Waals surface area contributed by atoms with Gasteiger partial charge in [0, 0.05) is 13.2 Å². The minimum absolute atomic E-state index is 0.0901. The van der Waals surface area contributed by atoms with Gasteiger partial charge in [-0.2, -0.15) is 0 Å². The lowest BCUT2D eigenvalue weighted by Gasteiger charge is -2.22. The molecule has 18 heavy (non-hydrogen) atoms. The highest BCUT2D eigenvalue weighted by atomic mass is 32.1. The first-order valence-electron chi connectivity index (χ1n) is 6.04. The quantitative estimate of drug-likeness (QED) is 0.536. The summed E-state index contributed by atoms with van der Waals surface area (Å²) in [5, 5.41) is 6.47. The Labute approximate surface area is 115 Å². The molecule has 0 aliphatic heterocycles. The second-order valence-electron chi connectivity index (χ2n) is 4.68. The average molecular weight is 276 g/mol. The molecule has 0 amide bonds. The van der Waals surface area contributed by atoms with Crippen molar-refractivity contribution in [2.75, 3.05) is 20.8 Å². The van der Waals surface area contributed by atoms with Crippen molar-refractivity contribution in [3.05, 3.63) is 0 Å². The lowest BCUT2D eigenvalue weighted by Crippen LogP contribution is -2.49. The number of nitrogens with one attached hydrogen (secondary N) is 2. The molecule has 0 fully saturated rings. The maximum Gasteiger partial charge on any atom is 0.328 e. The lowest BCUT2D eigenvalue weighted by atomic mass is 10.0. The van der Waals surface area contributed by atoms with Crippen LogP contribution in [0.5, 0.6) is 0 Å². The van der Waals surface area contributed by atoms with Gasteiger partial charge in [-0.05, 0) is 31.5 Å². The molecule has 0 heterocycles. The molecular formula is C12H24N2O3S. The van der Waals surface area contributed by atoms with Gasteiger partial charge in [-0.3, -0.25) is 0 Å². The Bertz CT molecular complexity index is 272. The molecule has 2 atom stereocenters. The summed E-state index contributed by atoms with van der Waals surface area (Å²) >= 11 is 5.16. The second-order valence-corrected chi connectivity index (χ2v) is 5.09. The number of rotatable bonds is 7. The van der Waals surface area contributed by atoms with Crippen LogP contribution in [0.15, 0.2) is 0 Å². The van der Waals surface area contributed by atoms with E-state index < -0.39 is 6.04 Å². The fraction of sp³-hybridized carbons (Fsp3) is 0.833. The predicted molar refractivity (Wildman–Crippen MR) is 75.5 cm³/mol. The number of hydrogen-bond acceptors (Lipinski definition) is 4. The summed E-state index contributed by atoms with van der Waals surface area (Å²) in [7, 11) is 3.01. The van der Waals surface area contributed by atoms with Crippen LogP contribution in [-0.2, 0) is 14.3 Å². The molecule has 2 N–H and O–H groups in total. The van der Waals surface area contributed by atoms with Crippen molar-refractivity contribution >= 4 is 23.3 Å². The number of carbonyl (C=O) groups is 1. The fourth-order valence-electron chi connectivity index (χ4n) is 1.54. The molecule has 2 unspecified atom stereocenters. The standard InChI is InChI=1S/C12H24N2O3S/c1-8(2)6-10(11(15)17-5)14-12(18)13-9(3)7-16-4/h8-10H,6-7H2,1-5H3,(H2,13,14,18). The number of methoxy groups -OCH3 is 2. The summed E-state index contributed by atoms with van der Waals surface area (Å²) in [4.78, 5) is 11.6. The molecular weight excluding hydrogens is 252 g/mol. The fourth-order valence-corrected chi connectivity index (χ4v) is 1.89. The van der Waals surface area contributed by atoms with Crippen molar-refractivity contribution < 1.29 is 14.3 Å². The third-order valence-electron chi connectivity index (χ3n) is 2.29. The van der Waals surface area contributed by atoms with E-state index in [9.17, 15) is 4.79 Å². The Morgan fingerprint density at radius 3 is 2.28 bits per heavy atom. The summed E-state index contributed by atoms with van der Waals surface area (Å²) in [5.41, 5.74) is 0. The summed E-state index contributed by atoms with van der Waals surface area (Å²) in [5.74, 6) is 0.0769. The Hall–Kier alpha value is -0.880. The number of hydrogen-bond donors (Lipinski definition) is 2. The maximum absolute atomic E-state index is 11.6. The van der Waals surface area contributed by atoms with E-state index in [-0.39, 0.29) is 12.0 Å². The van der Waals surface area contributed by atoms with Crippen molar-refractivity contribution in [3.8, 4) is 0 Å². The molecule has 0 spiro atoms. The van der Waals surface area contributed by atoms with Gasteiger partial charge < -0.3 is 20.1 Å². The zero-order valence-corrected chi connectivity index (χ0v) is 12.6. The summed E-state index contributed by atoms with van der Waals surface area (Å²) in [6.07, 6.45) is 0.674. The first-order chi connectivity index (χ1) is 8.40.